The first kappa shape index (κ1) is 11.2. The van der Waals surface area contributed by atoms with Crippen molar-refractivity contribution in [2.45, 2.75) is 6.42 Å². The van der Waals surface area contributed by atoms with Crippen LogP contribution < -0.4 is 10.6 Å². The van der Waals surface area contributed by atoms with Gasteiger partial charge in [-0.2, -0.15) is 0 Å². The molecule has 3 rings (SSSR count). The summed E-state index contributed by atoms with van der Waals surface area (Å²) in [5, 5.41) is 0. The summed E-state index contributed by atoms with van der Waals surface area (Å²) in [5.74, 6) is 0. The van der Waals surface area contributed by atoms with Crippen LogP contribution >= 0.6 is 12.2 Å². The van der Waals surface area contributed by atoms with Crippen LogP contribution in [0.2, 0.25) is 0 Å². The maximum absolute atomic E-state index is 5.78. The average Bonchev–Trinajstić information content (AvgIpc) is 2.82. The van der Waals surface area contributed by atoms with Gasteiger partial charge in [0.15, 0.2) is 0 Å². The molecule has 0 amide bonds. The van der Waals surface area contributed by atoms with E-state index in [1.807, 2.05) is 18.3 Å². The van der Waals surface area contributed by atoms with E-state index in [-0.39, 0.29) is 0 Å². The summed E-state index contributed by atoms with van der Waals surface area (Å²) in [6.07, 6.45) is 4.60. The maximum Gasteiger partial charge on any atom is 0.106 e. The molecule has 0 saturated heterocycles. The summed E-state index contributed by atoms with van der Waals surface area (Å²) >= 11 is 5.11. The fourth-order valence-corrected chi connectivity index (χ4v) is 2.57. The van der Waals surface area contributed by atoms with Gasteiger partial charge in [0.05, 0.1) is 11.9 Å². The van der Waals surface area contributed by atoms with Gasteiger partial charge in [-0.05, 0) is 24.1 Å². The molecule has 0 fully saturated rings. The van der Waals surface area contributed by atoms with Crippen molar-refractivity contribution in [1.82, 2.24) is 4.98 Å². The molecule has 0 atom stereocenters. The number of pyridine rings is 1. The molecule has 0 unspecified atom stereocenters. The molecule has 0 aliphatic carbocycles. The van der Waals surface area contributed by atoms with Gasteiger partial charge < -0.3 is 10.6 Å². The van der Waals surface area contributed by atoms with E-state index in [4.69, 9.17) is 18.0 Å². The highest BCUT2D eigenvalue weighted by molar-refractivity contribution is 7.80. The van der Waals surface area contributed by atoms with Crippen LogP contribution in [0.5, 0.6) is 0 Å². The number of benzene rings is 1. The molecule has 4 heteroatoms. The smallest absolute Gasteiger partial charge is 0.106 e. The number of nitrogens with two attached hydrogens (primary N) is 1. The van der Waals surface area contributed by atoms with Gasteiger partial charge in [-0.15, -0.1) is 0 Å². The first-order valence-corrected chi connectivity index (χ1v) is 6.27. The van der Waals surface area contributed by atoms with Crippen LogP contribution in [0, 0.1) is 0 Å². The molecule has 0 spiro atoms. The van der Waals surface area contributed by atoms with Crippen LogP contribution in [-0.2, 0) is 6.42 Å². The zero-order valence-corrected chi connectivity index (χ0v) is 10.7. The fraction of sp³-hybridized carbons (Fsp3) is 0.143. The zero-order valence-electron chi connectivity index (χ0n) is 9.84. The Morgan fingerprint density at radius 1 is 1.22 bits per heavy atom. The molecular weight excluding hydrogens is 242 g/mol. The molecule has 2 N–H and O–H groups in total. The Balaban J connectivity index is 2.10. The molecule has 18 heavy (non-hydrogen) atoms. The predicted molar refractivity (Wildman–Crippen MR) is 77.3 cm³/mol. The van der Waals surface area contributed by atoms with Crippen molar-refractivity contribution in [3.63, 3.8) is 0 Å². The third-order valence-corrected chi connectivity index (χ3v) is 3.46. The monoisotopic (exact) mass is 255 g/mol. The van der Waals surface area contributed by atoms with Gasteiger partial charge in [-0.1, -0.05) is 30.4 Å². The van der Waals surface area contributed by atoms with Crippen molar-refractivity contribution < 1.29 is 0 Å². The molecule has 1 aromatic carbocycles. The lowest BCUT2D eigenvalue weighted by atomic mass is 10.1. The third kappa shape index (κ3) is 1.75. The lowest BCUT2D eigenvalue weighted by Crippen LogP contribution is -2.20. The Bertz CT molecular complexity index is 609. The maximum atomic E-state index is 5.78. The van der Waals surface area contributed by atoms with Gasteiger partial charge in [0, 0.05) is 24.0 Å². The lowest BCUT2D eigenvalue weighted by molar-refractivity contribution is 0.991. The van der Waals surface area contributed by atoms with E-state index in [0.717, 1.165) is 24.2 Å². The van der Waals surface area contributed by atoms with E-state index in [2.05, 4.69) is 28.1 Å². The molecule has 0 saturated carbocycles. The van der Waals surface area contributed by atoms with E-state index in [1.54, 1.807) is 6.20 Å². The summed E-state index contributed by atoms with van der Waals surface area (Å²) in [4.78, 5) is 6.84. The van der Waals surface area contributed by atoms with Crippen LogP contribution in [-0.4, -0.2) is 16.5 Å². The largest absolute Gasteiger partial charge is 0.389 e. The van der Waals surface area contributed by atoms with Crippen LogP contribution in [0.1, 0.15) is 11.1 Å². The molecular formula is C14H13N3S. The number of thiocarbonyl (C=S) groups is 1. The van der Waals surface area contributed by atoms with Gasteiger partial charge in [-0.25, -0.2) is 0 Å². The second-order valence-corrected chi connectivity index (χ2v) is 4.73. The van der Waals surface area contributed by atoms with Gasteiger partial charge in [0.1, 0.15) is 4.99 Å². The van der Waals surface area contributed by atoms with Crippen molar-refractivity contribution in [2.75, 3.05) is 11.4 Å². The van der Waals surface area contributed by atoms with E-state index in [0.29, 0.717) is 4.99 Å². The number of para-hydroxylation sites is 1. The fourth-order valence-electron chi connectivity index (χ4n) is 2.40. The minimum absolute atomic E-state index is 0.414. The number of hydrogen-bond acceptors (Lipinski definition) is 3. The summed E-state index contributed by atoms with van der Waals surface area (Å²) in [6, 6.07) is 10.3. The number of nitrogens with zero attached hydrogens (tertiary/aromatic N) is 2. The molecule has 90 valence electrons. The van der Waals surface area contributed by atoms with Crippen molar-refractivity contribution in [2.24, 2.45) is 5.73 Å². The molecule has 2 heterocycles. The molecule has 0 bridgehead atoms. The highest BCUT2D eigenvalue weighted by atomic mass is 32.1. The minimum atomic E-state index is 0.414. The molecule has 1 aliphatic rings. The number of aromatic nitrogens is 1. The van der Waals surface area contributed by atoms with Gasteiger partial charge in [0.2, 0.25) is 0 Å². The summed E-state index contributed by atoms with van der Waals surface area (Å²) in [7, 11) is 0. The summed E-state index contributed by atoms with van der Waals surface area (Å²) in [5.41, 5.74) is 10.2. The molecule has 1 aliphatic heterocycles. The number of rotatable bonds is 2. The highest BCUT2D eigenvalue weighted by Gasteiger charge is 2.22. The van der Waals surface area contributed by atoms with Crippen molar-refractivity contribution >= 4 is 28.6 Å². The first-order chi connectivity index (χ1) is 8.77. The van der Waals surface area contributed by atoms with E-state index >= 15 is 0 Å². The van der Waals surface area contributed by atoms with Crippen molar-refractivity contribution in [1.29, 1.82) is 0 Å². The molecule has 0 radical (unpaired) electrons. The highest BCUT2D eigenvalue weighted by Crippen LogP contribution is 2.35. The Kier molecular flexibility index (Phi) is 2.72. The van der Waals surface area contributed by atoms with Crippen molar-refractivity contribution in [3.05, 3.63) is 53.9 Å². The second-order valence-electron chi connectivity index (χ2n) is 4.29. The van der Waals surface area contributed by atoms with Crippen molar-refractivity contribution in [3.8, 4) is 0 Å². The Hall–Kier alpha value is -1.94. The van der Waals surface area contributed by atoms with Gasteiger partial charge in [-0.3, -0.25) is 4.98 Å². The minimum Gasteiger partial charge on any atom is -0.389 e. The predicted octanol–water partition coefficient (Wildman–Crippen LogP) is 2.41. The average molecular weight is 255 g/mol. The molecule has 1 aromatic heterocycles. The first-order valence-electron chi connectivity index (χ1n) is 5.86. The number of fused-ring (bicyclic) bond motifs is 1. The Labute approximate surface area is 111 Å². The second kappa shape index (κ2) is 4.38. The Morgan fingerprint density at radius 2 is 2.06 bits per heavy atom. The Morgan fingerprint density at radius 3 is 2.89 bits per heavy atom. The SMILES string of the molecule is NC(=S)c1ccncc1N1CCc2ccccc21. The van der Waals surface area contributed by atoms with Crippen LogP contribution in [0.25, 0.3) is 0 Å². The summed E-state index contributed by atoms with van der Waals surface area (Å²) in [6.45, 7) is 0.945. The molecule has 3 nitrogen and oxygen atoms in total. The third-order valence-electron chi connectivity index (χ3n) is 3.24. The number of anilines is 2. The zero-order chi connectivity index (χ0) is 12.5. The topological polar surface area (TPSA) is 42.1 Å². The standard InChI is InChI=1S/C14H13N3S/c15-14(18)11-5-7-16-9-13(11)17-8-6-10-3-1-2-4-12(10)17/h1-5,7,9H,6,8H2,(H2,15,18). The summed E-state index contributed by atoms with van der Waals surface area (Å²) < 4.78 is 0. The van der Waals surface area contributed by atoms with E-state index in [9.17, 15) is 0 Å². The van der Waals surface area contributed by atoms with Crippen LogP contribution in [0.4, 0.5) is 11.4 Å². The van der Waals surface area contributed by atoms with Gasteiger partial charge >= 0.3 is 0 Å². The van der Waals surface area contributed by atoms with Crippen LogP contribution in [0.3, 0.4) is 0 Å². The molecule has 2 aromatic rings. The van der Waals surface area contributed by atoms with Gasteiger partial charge in [0.25, 0.3) is 0 Å². The van der Waals surface area contributed by atoms with E-state index < -0.39 is 0 Å². The quantitative estimate of drug-likeness (QED) is 0.837. The van der Waals surface area contributed by atoms with E-state index in [1.165, 1.54) is 11.3 Å². The lowest BCUT2D eigenvalue weighted by Gasteiger charge is -2.21. The normalized spacial score (nSPS) is 13.4. The van der Waals surface area contributed by atoms with Crippen LogP contribution in [0.15, 0.2) is 42.7 Å². The number of hydrogen-bond donors (Lipinski definition) is 1.